The first-order valence-corrected chi connectivity index (χ1v) is 9.37. The second-order valence-corrected chi connectivity index (χ2v) is 8.14. The van der Waals surface area contributed by atoms with Gasteiger partial charge >= 0.3 is 0 Å². The SMILES string of the molecule is O=S(=O)(Cl)c1nnc(-c2ccc3c(c2)CCC3)n1C1CC1. The molecule has 0 radical (unpaired) electrons. The van der Waals surface area contributed by atoms with Crippen LogP contribution in [0.1, 0.15) is 36.4 Å². The van der Waals surface area contributed by atoms with E-state index in [1.54, 1.807) is 4.57 Å². The van der Waals surface area contributed by atoms with Gasteiger partial charge in [-0.25, -0.2) is 8.42 Å². The number of nitrogens with zero attached hydrogens (tertiary/aromatic N) is 3. The number of benzene rings is 1. The average molecular weight is 324 g/mol. The van der Waals surface area contributed by atoms with Crippen LogP contribution in [0.4, 0.5) is 0 Å². The van der Waals surface area contributed by atoms with Crippen molar-refractivity contribution in [3.05, 3.63) is 29.3 Å². The minimum Gasteiger partial charge on any atom is -0.294 e. The Balaban J connectivity index is 1.87. The van der Waals surface area contributed by atoms with E-state index in [9.17, 15) is 8.42 Å². The van der Waals surface area contributed by atoms with E-state index in [1.807, 2.05) is 6.07 Å². The summed E-state index contributed by atoms with van der Waals surface area (Å²) >= 11 is 0. The maximum absolute atomic E-state index is 11.7. The molecule has 1 heterocycles. The molecule has 0 saturated heterocycles. The fourth-order valence-corrected chi connectivity index (χ4v) is 3.94. The molecule has 1 aromatic heterocycles. The van der Waals surface area contributed by atoms with Gasteiger partial charge in [0.15, 0.2) is 5.82 Å². The Morgan fingerprint density at radius 3 is 2.62 bits per heavy atom. The monoisotopic (exact) mass is 323 g/mol. The number of fused-ring (bicyclic) bond motifs is 1. The van der Waals surface area contributed by atoms with Crippen molar-refractivity contribution in [2.75, 3.05) is 0 Å². The predicted octanol–water partition coefficient (Wildman–Crippen LogP) is 2.70. The highest BCUT2D eigenvalue weighted by Crippen LogP contribution is 2.40. The average Bonchev–Trinajstić information content (AvgIpc) is 3.01. The van der Waals surface area contributed by atoms with Crippen LogP contribution in [0, 0.1) is 0 Å². The summed E-state index contributed by atoms with van der Waals surface area (Å²) in [5, 5.41) is 7.76. The molecular weight excluding hydrogens is 310 g/mol. The van der Waals surface area contributed by atoms with Crippen molar-refractivity contribution >= 4 is 19.7 Å². The number of hydrogen-bond acceptors (Lipinski definition) is 4. The van der Waals surface area contributed by atoms with Gasteiger partial charge in [0.05, 0.1) is 0 Å². The van der Waals surface area contributed by atoms with Gasteiger partial charge in [0.1, 0.15) is 0 Å². The molecule has 0 atom stereocenters. The molecule has 110 valence electrons. The Hall–Kier alpha value is -1.40. The van der Waals surface area contributed by atoms with Crippen LogP contribution in [0.2, 0.25) is 0 Å². The molecule has 7 heteroatoms. The number of rotatable bonds is 3. The van der Waals surface area contributed by atoms with Gasteiger partial charge < -0.3 is 0 Å². The summed E-state index contributed by atoms with van der Waals surface area (Å²) in [6.07, 6.45) is 5.24. The molecule has 21 heavy (non-hydrogen) atoms. The Bertz CT molecular complexity index is 825. The van der Waals surface area contributed by atoms with Crippen LogP contribution in [0.15, 0.2) is 23.4 Å². The fourth-order valence-electron chi connectivity index (χ4n) is 3.01. The highest BCUT2D eigenvalue weighted by Gasteiger charge is 2.34. The molecule has 5 nitrogen and oxygen atoms in total. The molecule has 0 amide bonds. The summed E-state index contributed by atoms with van der Waals surface area (Å²) in [6.45, 7) is 0. The summed E-state index contributed by atoms with van der Waals surface area (Å²) in [4.78, 5) is 0. The van der Waals surface area contributed by atoms with E-state index in [-0.39, 0.29) is 11.2 Å². The minimum atomic E-state index is -3.88. The van der Waals surface area contributed by atoms with Gasteiger partial charge in [-0.05, 0) is 49.3 Å². The molecule has 0 bridgehead atoms. The van der Waals surface area contributed by atoms with E-state index >= 15 is 0 Å². The summed E-state index contributed by atoms with van der Waals surface area (Å²) < 4.78 is 25.0. The van der Waals surface area contributed by atoms with Crippen molar-refractivity contribution in [2.45, 2.75) is 43.3 Å². The van der Waals surface area contributed by atoms with Crippen LogP contribution in [0.25, 0.3) is 11.4 Å². The van der Waals surface area contributed by atoms with Gasteiger partial charge in [0, 0.05) is 22.3 Å². The van der Waals surface area contributed by atoms with Crippen LogP contribution >= 0.6 is 10.7 Å². The molecule has 1 saturated carbocycles. The van der Waals surface area contributed by atoms with Crippen LogP contribution in [0.3, 0.4) is 0 Å². The topological polar surface area (TPSA) is 64.8 Å². The Morgan fingerprint density at radius 1 is 1.14 bits per heavy atom. The number of aryl methyl sites for hydroxylation is 2. The van der Waals surface area contributed by atoms with E-state index in [0.717, 1.165) is 31.2 Å². The van der Waals surface area contributed by atoms with Crippen molar-refractivity contribution in [1.82, 2.24) is 14.8 Å². The highest BCUT2D eigenvalue weighted by molar-refractivity contribution is 8.13. The molecule has 1 fully saturated rings. The lowest BCUT2D eigenvalue weighted by Gasteiger charge is -2.08. The number of halogens is 1. The zero-order valence-corrected chi connectivity index (χ0v) is 12.9. The smallest absolute Gasteiger partial charge is 0.294 e. The first-order valence-electron chi connectivity index (χ1n) is 7.06. The predicted molar refractivity (Wildman–Crippen MR) is 78.8 cm³/mol. The maximum atomic E-state index is 11.7. The largest absolute Gasteiger partial charge is 0.296 e. The summed E-state index contributed by atoms with van der Waals surface area (Å²) in [5.41, 5.74) is 3.62. The number of hydrogen-bond donors (Lipinski definition) is 0. The molecule has 4 rings (SSSR count). The quantitative estimate of drug-likeness (QED) is 0.815. The zero-order chi connectivity index (χ0) is 14.6. The van der Waals surface area contributed by atoms with Gasteiger partial charge in [0.25, 0.3) is 14.2 Å². The maximum Gasteiger partial charge on any atom is 0.296 e. The lowest BCUT2D eigenvalue weighted by Crippen LogP contribution is -2.06. The van der Waals surface area contributed by atoms with E-state index in [1.165, 1.54) is 17.5 Å². The molecule has 2 aromatic rings. The second-order valence-electron chi connectivity index (χ2n) is 5.68. The van der Waals surface area contributed by atoms with Crippen molar-refractivity contribution in [2.24, 2.45) is 0 Å². The van der Waals surface area contributed by atoms with Crippen molar-refractivity contribution < 1.29 is 8.42 Å². The molecule has 1 aromatic carbocycles. The van der Waals surface area contributed by atoms with Gasteiger partial charge in [-0.1, -0.05) is 12.1 Å². The Morgan fingerprint density at radius 2 is 1.90 bits per heavy atom. The van der Waals surface area contributed by atoms with Gasteiger partial charge in [-0.3, -0.25) is 4.57 Å². The summed E-state index contributed by atoms with van der Waals surface area (Å²) in [7, 11) is 1.60. The molecule has 0 spiro atoms. The van der Waals surface area contributed by atoms with E-state index in [0.29, 0.717) is 5.82 Å². The summed E-state index contributed by atoms with van der Waals surface area (Å²) in [5.74, 6) is 0.603. The fraction of sp³-hybridized carbons (Fsp3) is 0.429. The third-order valence-corrected chi connectivity index (χ3v) is 5.28. The molecule has 0 N–H and O–H groups in total. The molecular formula is C14H14ClN3O2S. The van der Waals surface area contributed by atoms with Gasteiger partial charge in [0.2, 0.25) is 0 Å². The van der Waals surface area contributed by atoms with E-state index in [2.05, 4.69) is 22.3 Å². The normalized spacial score (nSPS) is 18.0. The van der Waals surface area contributed by atoms with Crippen LogP contribution in [0.5, 0.6) is 0 Å². The standard InChI is InChI=1S/C14H14ClN3O2S/c15-21(19,20)14-17-16-13(18(14)12-6-7-12)11-5-4-9-2-1-3-10(9)8-11/h4-5,8,12H,1-3,6-7H2. The second kappa shape index (κ2) is 4.55. The lowest BCUT2D eigenvalue weighted by molar-refractivity contribution is 0.579. The molecule has 2 aliphatic carbocycles. The van der Waals surface area contributed by atoms with Crippen LogP contribution in [-0.2, 0) is 21.9 Å². The molecule has 0 unspecified atom stereocenters. The first kappa shape index (κ1) is 13.3. The third kappa shape index (κ3) is 2.26. The van der Waals surface area contributed by atoms with Crippen LogP contribution < -0.4 is 0 Å². The Labute approximate surface area is 127 Å². The first-order chi connectivity index (χ1) is 10.0. The molecule has 2 aliphatic rings. The Kier molecular flexibility index (Phi) is 2.87. The number of aromatic nitrogens is 3. The van der Waals surface area contributed by atoms with Crippen LogP contribution in [-0.4, -0.2) is 23.2 Å². The van der Waals surface area contributed by atoms with E-state index < -0.39 is 9.05 Å². The van der Waals surface area contributed by atoms with Crippen molar-refractivity contribution in [3.8, 4) is 11.4 Å². The third-order valence-electron chi connectivity index (χ3n) is 4.15. The minimum absolute atomic E-state index is 0.137. The summed E-state index contributed by atoms with van der Waals surface area (Å²) in [6, 6.07) is 6.36. The van der Waals surface area contributed by atoms with Crippen molar-refractivity contribution in [3.63, 3.8) is 0 Å². The van der Waals surface area contributed by atoms with Gasteiger partial charge in [-0.2, -0.15) is 0 Å². The van der Waals surface area contributed by atoms with E-state index in [4.69, 9.17) is 10.7 Å². The van der Waals surface area contributed by atoms with Crippen molar-refractivity contribution in [1.29, 1.82) is 0 Å². The van der Waals surface area contributed by atoms with Gasteiger partial charge in [-0.15, -0.1) is 10.2 Å². The molecule has 0 aliphatic heterocycles. The highest BCUT2D eigenvalue weighted by atomic mass is 35.7. The zero-order valence-electron chi connectivity index (χ0n) is 11.3. The lowest BCUT2D eigenvalue weighted by atomic mass is 10.1.